The molecule has 2 nitrogen and oxygen atoms in total. The number of fused-ring (bicyclic) bond motifs is 5. The first-order chi connectivity index (χ1) is 11.9. The van der Waals surface area contributed by atoms with E-state index in [-0.39, 0.29) is 17.1 Å². The van der Waals surface area contributed by atoms with Gasteiger partial charge in [-0.2, -0.15) is 0 Å². The molecule has 0 N–H and O–H groups in total. The van der Waals surface area contributed by atoms with Gasteiger partial charge in [0.2, 0.25) is 0 Å². The summed E-state index contributed by atoms with van der Waals surface area (Å²) in [6.07, 6.45) is 10.9. The summed E-state index contributed by atoms with van der Waals surface area (Å²) < 4.78 is 0. The maximum atomic E-state index is 13.2. The van der Waals surface area contributed by atoms with Crippen LogP contribution in [0.15, 0.2) is 0 Å². The first-order valence-corrected chi connectivity index (χ1v) is 10.9. The number of hydrogen-bond donors (Lipinski definition) is 0. The summed E-state index contributed by atoms with van der Waals surface area (Å²) in [6.45, 7) is 10.3. The van der Waals surface area contributed by atoms with Crippen molar-refractivity contribution in [3.8, 4) is 0 Å². The second-order valence-electron chi connectivity index (χ2n) is 9.55. The van der Waals surface area contributed by atoms with E-state index in [0.717, 1.165) is 25.2 Å². The molecule has 0 radical (unpaired) electrons. The van der Waals surface area contributed by atoms with Crippen molar-refractivity contribution in [1.82, 2.24) is 0 Å². The van der Waals surface area contributed by atoms with E-state index in [1.165, 1.54) is 38.5 Å². The van der Waals surface area contributed by atoms with Gasteiger partial charge >= 0.3 is 0 Å². The molecular weight excluding hydrogens is 308 g/mol. The van der Waals surface area contributed by atoms with Crippen LogP contribution in [0.4, 0.5) is 0 Å². The first kappa shape index (κ1) is 19.1. The highest BCUT2D eigenvalue weighted by molar-refractivity contribution is 5.93. The Morgan fingerprint density at radius 1 is 0.960 bits per heavy atom. The van der Waals surface area contributed by atoms with Crippen LogP contribution in [0.3, 0.4) is 0 Å². The summed E-state index contributed by atoms with van der Waals surface area (Å²) in [5, 5.41) is 0. The van der Waals surface area contributed by atoms with Gasteiger partial charge in [-0.3, -0.25) is 9.59 Å². The van der Waals surface area contributed by atoms with E-state index < -0.39 is 0 Å². The van der Waals surface area contributed by atoms with Crippen LogP contribution in [0, 0.1) is 40.4 Å². The van der Waals surface area contributed by atoms with Crippen molar-refractivity contribution < 1.29 is 9.59 Å². The van der Waals surface area contributed by atoms with Gasteiger partial charge in [0.25, 0.3) is 0 Å². The number of carbonyl (C=O) groups excluding carboxylic acids is 2. The maximum Gasteiger partial charge on any atom is 0.140 e. The molecule has 4 saturated carbocycles. The minimum atomic E-state index is -0.342. The van der Waals surface area contributed by atoms with E-state index in [1.807, 2.05) is 13.8 Å². The molecule has 2 heteroatoms. The van der Waals surface area contributed by atoms with E-state index in [2.05, 4.69) is 13.8 Å². The van der Waals surface area contributed by atoms with Crippen molar-refractivity contribution in [2.45, 2.75) is 92.4 Å². The fraction of sp³-hybridized carbons (Fsp3) is 0.913. The fourth-order valence-corrected chi connectivity index (χ4v) is 7.65. The molecule has 0 spiro atoms. The molecule has 4 rings (SSSR count). The molecule has 0 bridgehead atoms. The van der Waals surface area contributed by atoms with E-state index in [1.54, 1.807) is 6.92 Å². The lowest BCUT2D eigenvalue weighted by molar-refractivity contribution is -0.158. The van der Waals surface area contributed by atoms with Crippen molar-refractivity contribution in [1.29, 1.82) is 0 Å². The molecule has 0 aromatic carbocycles. The number of carbonyl (C=O) groups is 2. The molecule has 0 amide bonds. The lowest BCUT2D eigenvalue weighted by Crippen LogP contribution is -2.56. The summed E-state index contributed by atoms with van der Waals surface area (Å²) in [4.78, 5) is 25.4. The zero-order valence-corrected chi connectivity index (χ0v) is 17.1. The highest BCUT2D eigenvalue weighted by Crippen LogP contribution is 2.66. The third-order valence-corrected chi connectivity index (χ3v) is 8.94. The van der Waals surface area contributed by atoms with Crippen LogP contribution in [0.5, 0.6) is 0 Å². The second-order valence-corrected chi connectivity index (χ2v) is 9.55. The van der Waals surface area contributed by atoms with Gasteiger partial charge in [-0.25, -0.2) is 0 Å². The summed E-state index contributed by atoms with van der Waals surface area (Å²) in [5.41, 5.74) is 0.0529. The average molecular weight is 347 g/mol. The Hall–Kier alpha value is -0.660. The quantitative estimate of drug-likeness (QED) is 0.598. The Kier molecular flexibility index (Phi) is 5.21. The van der Waals surface area contributed by atoms with Gasteiger partial charge < -0.3 is 0 Å². The number of ketones is 2. The fourth-order valence-electron chi connectivity index (χ4n) is 7.65. The molecule has 4 fully saturated rings. The Morgan fingerprint density at radius 2 is 1.68 bits per heavy atom. The normalized spacial score (nSPS) is 48.5. The largest absolute Gasteiger partial charge is 0.300 e. The topological polar surface area (TPSA) is 34.1 Å². The molecule has 4 aliphatic rings. The van der Waals surface area contributed by atoms with Gasteiger partial charge in [0.1, 0.15) is 11.6 Å². The number of hydrogen-bond acceptors (Lipinski definition) is 2. The molecule has 0 aliphatic heterocycles. The third-order valence-electron chi connectivity index (χ3n) is 8.94. The molecule has 0 aromatic heterocycles. The summed E-state index contributed by atoms with van der Waals surface area (Å²) in [6, 6.07) is 0. The van der Waals surface area contributed by atoms with Crippen molar-refractivity contribution >= 4 is 11.6 Å². The smallest absolute Gasteiger partial charge is 0.140 e. The number of Topliss-reactive ketones (excluding diaryl/α,β-unsaturated/α-hetero) is 2. The Bertz CT molecular complexity index is 538. The molecule has 0 heterocycles. The zero-order chi connectivity index (χ0) is 18.4. The van der Waals surface area contributed by atoms with Crippen molar-refractivity contribution in [2.24, 2.45) is 40.4 Å². The van der Waals surface area contributed by atoms with Gasteiger partial charge in [0.15, 0.2) is 0 Å². The van der Waals surface area contributed by atoms with Crippen molar-refractivity contribution in [2.75, 3.05) is 0 Å². The predicted octanol–water partition coefficient (Wildman–Crippen LogP) is 5.83. The lowest BCUT2D eigenvalue weighted by atomic mass is 9.44. The highest BCUT2D eigenvalue weighted by atomic mass is 16.1. The van der Waals surface area contributed by atoms with Gasteiger partial charge in [-0.1, -0.05) is 40.5 Å². The molecule has 0 aromatic rings. The zero-order valence-electron chi connectivity index (χ0n) is 17.1. The van der Waals surface area contributed by atoms with Gasteiger partial charge in [0, 0.05) is 17.8 Å². The van der Waals surface area contributed by atoms with Crippen molar-refractivity contribution in [3.63, 3.8) is 0 Å². The first-order valence-electron chi connectivity index (χ1n) is 10.9. The van der Waals surface area contributed by atoms with Crippen LogP contribution in [-0.2, 0) is 9.59 Å². The van der Waals surface area contributed by atoms with E-state index in [9.17, 15) is 9.59 Å². The van der Waals surface area contributed by atoms with E-state index >= 15 is 0 Å². The van der Waals surface area contributed by atoms with Crippen LogP contribution in [-0.4, -0.2) is 11.6 Å². The minimum absolute atomic E-state index is 0.00200. The third kappa shape index (κ3) is 2.65. The molecule has 7 atom stereocenters. The van der Waals surface area contributed by atoms with E-state index in [0.29, 0.717) is 29.0 Å². The Balaban J connectivity index is 0.000000880. The molecule has 7 unspecified atom stereocenters. The van der Waals surface area contributed by atoms with Crippen LogP contribution < -0.4 is 0 Å². The Morgan fingerprint density at radius 3 is 2.36 bits per heavy atom. The summed E-state index contributed by atoms with van der Waals surface area (Å²) in [7, 11) is 0. The van der Waals surface area contributed by atoms with Crippen LogP contribution in [0.2, 0.25) is 0 Å². The summed E-state index contributed by atoms with van der Waals surface area (Å²) in [5.74, 6) is 3.28. The lowest BCUT2D eigenvalue weighted by Gasteiger charge is -2.59. The SMILES string of the molecule is CC.CC(=O)C1CCC2C3CCC4CCCCC4(C)C3CC(=O)C12C. The second kappa shape index (κ2) is 6.82. The van der Waals surface area contributed by atoms with Crippen molar-refractivity contribution in [3.05, 3.63) is 0 Å². The predicted molar refractivity (Wildman–Crippen MR) is 102 cm³/mol. The van der Waals surface area contributed by atoms with E-state index in [4.69, 9.17) is 0 Å². The Labute approximate surface area is 154 Å². The molecule has 4 aliphatic carbocycles. The standard InChI is InChI=1S/C21H32O2.C2H6/c1-13(22)16-9-10-17-15-8-7-14-6-4-5-11-20(14,2)18(15)12-19(23)21(16,17)3;1-2/h14-18H,4-12H2,1-3H3;1-2H3. The molecule has 25 heavy (non-hydrogen) atoms. The van der Waals surface area contributed by atoms with Gasteiger partial charge in [-0.05, 0) is 74.5 Å². The number of rotatable bonds is 1. The average Bonchev–Trinajstić information content (AvgIpc) is 2.96. The molecule has 142 valence electrons. The van der Waals surface area contributed by atoms with Crippen LogP contribution >= 0.6 is 0 Å². The van der Waals surface area contributed by atoms with Gasteiger partial charge in [-0.15, -0.1) is 0 Å². The van der Waals surface area contributed by atoms with Gasteiger partial charge in [0.05, 0.1) is 0 Å². The monoisotopic (exact) mass is 346 g/mol. The van der Waals surface area contributed by atoms with Crippen LogP contribution in [0.1, 0.15) is 92.4 Å². The highest BCUT2D eigenvalue weighted by Gasteiger charge is 2.63. The maximum absolute atomic E-state index is 13.2. The molecular formula is C23H38O2. The minimum Gasteiger partial charge on any atom is -0.300 e. The van der Waals surface area contributed by atoms with Crippen LogP contribution in [0.25, 0.3) is 0 Å². The summed E-state index contributed by atoms with van der Waals surface area (Å²) >= 11 is 0. The molecule has 0 saturated heterocycles.